The van der Waals surface area contributed by atoms with Gasteiger partial charge in [-0.15, -0.1) is 0 Å². The van der Waals surface area contributed by atoms with Gasteiger partial charge < -0.3 is 14.5 Å². The molecule has 1 unspecified atom stereocenters. The predicted octanol–water partition coefficient (Wildman–Crippen LogP) is 5.38. The van der Waals surface area contributed by atoms with Gasteiger partial charge in [-0.1, -0.05) is 72.8 Å². The molecule has 6 heteroatoms. The Morgan fingerprint density at radius 1 is 0.912 bits per heavy atom. The molecule has 1 atom stereocenters. The van der Waals surface area contributed by atoms with E-state index in [2.05, 4.69) is 39.5 Å². The molecule has 34 heavy (non-hydrogen) atoms. The van der Waals surface area contributed by atoms with Crippen LogP contribution in [0.5, 0.6) is 5.75 Å². The first-order valence-corrected chi connectivity index (χ1v) is 11.3. The maximum absolute atomic E-state index is 12.7. The number of benzene rings is 3. The molecule has 0 saturated carbocycles. The van der Waals surface area contributed by atoms with Crippen molar-refractivity contribution in [3.8, 4) is 5.75 Å². The van der Waals surface area contributed by atoms with E-state index in [0.717, 1.165) is 23.4 Å². The average molecular weight is 456 g/mol. The molecule has 0 aliphatic heterocycles. The SMILES string of the molecule is COc1ccc(CN(Cc2ccccc2)Cc2nc(C(=O)NC(C)c3ccccc3)co2)cc1. The zero-order valence-corrected chi connectivity index (χ0v) is 19.5. The Balaban J connectivity index is 1.44. The van der Waals surface area contributed by atoms with Crippen LogP contribution in [0.15, 0.2) is 95.6 Å². The van der Waals surface area contributed by atoms with Crippen molar-refractivity contribution in [3.63, 3.8) is 0 Å². The maximum atomic E-state index is 12.7. The van der Waals surface area contributed by atoms with Gasteiger partial charge in [-0.3, -0.25) is 9.69 Å². The average Bonchev–Trinajstić information content (AvgIpc) is 3.34. The standard InChI is InChI=1S/C28H29N3O3/c1-21(24-11-7-4-8-12-24)29-28(32)26-20-34-27(30-26)19-31(17-22-9-5-3-6-10-22)18-23-13-15-25(33-2)16-14-23/h3-16,20-21H,17-19H2,1-2H3,(H,29,32). The van der Waals surface area contributed by atoms with Gasteiger partial charge in [0.05, 0.1) is 19.7 Å². The van der Waals surface area contributed by atoms with Crippen LogP contribution in [0.1, 0.15) is 46.0 Å². The number of rotatable bonds is 10. The largest absolute Gasteiger partial charge is 0.497 e. The highest BCUT2D eigenvalue weighted by Crippen LogP contribution is 2.18. The molecule has 0 aliphatic rings. The summed E-state index contributed by atoms with van der Waals surface area (Å²) in [6, 6.07) is 28.0. The molecule has 174 valence electrons. The second-order valence-electron chi connectivity index (χ2n) is 8.21. The number of aromatic nitrogens is 1. The number of nitrogens with zero attached hydrogens (tertiary/aromatic N) is 2. The van der Waals surface area contributed by atoms with Gasteiger partial charge in [0, 0.05) is 13.1 Å². The fourth-order valence-electron chi connectivity index (χ4n) is 3.77. The molecular weight excluding hydrogens is 426 g/mol. The summed E-state index contributed by atoms with van der Waals surface area (Å²) in [4.78, 5) is 19.4. The predicted molar refractivity (Wildman–Crippen MR) is 131 cm³/mol. The lowest BCUT2D eigenvalue weighted by Gasteiger charge is -2.21. The zero-order valence-electron chi connectivity index (χ0n) is 19.5. The molecule has 1 N–H and O–H groups in total. The molecule has 0 aliphatic carbocycles. The molecule has 4 aromatic rings. The van der Waals surface area contributed by atoms with Crippen molar-refractivity contribution in [2.24, 2.45) is 0 Å². The number of amides is 1. The van der Waals surface area contributed by atoms with Crippen LogP contribution < -0.4 is 10.1 Å². The van der Waals surface area contributed by atoms with Crippen molar-refractivity contribution in [1.29, 1.82) is 0 Å². The highest BCUT2D eigenvalue weighted by molar-refractivity contribution is 5.92. The number of oxazole rings is 1. The van der Waals surface area contributed by atoms with Crippen molar-refractivity contribution in [2.45, 2.75) is 32.6 Å². The van der Waals surface area contributed by atoms with Crippen LogP contribution in [0.2, 0.25) is 0 Å². The van der Waals surface area contributed by atoms with Gasteiger partial charge in [0.15, 0.2) is 5.69 Å². The highest BCUT2D eigenvalue weighted by Gasteiger charge is 2.18. The van der Waals surface area contributed by atoms with Crippen molar-refractivity contribution in [2.75, 3.05) is 7.11 Å². The second-order valence-corrected chi connectivity index (χ2v) is 8.21. The van der Waals surface area contributed by atoms with Gasteiger partial charge in [0.1, 0.15) is 12.0 Å². The minimum Gasteiger partial charge on any atom is -0.497 e. The molecular formula is C28H29N3O3. The van der Waals surface area contributed by atoms with Crippen LogP contribution >= 0.6 is 0 Å². The molecule has 6 nitrogen and oxygen atoms in total. The molecule has 3 aromatic carbocycles. The van der Waals surface area contributed by atoms with Gasteiger partial charge >= 0.3 is 0 Å². The minimum atomic E-state index is -0.254. The Bertz CT molecular complexity index is 1170. The van der Waals surface area contributed by atoms with E-state index < -0.39 is 0 Å². The van der Waals surface area contributed by atoms with Crippen molar-refractivity contribution >= 4 is 5.91 Å². The Labute approximate surface area is 200 Å². The molecule has 0 saturated heterocycles. The lowest BCUT2D eigenvalue weighted by Crippen LogP contribution is -2.27. The first kappa shape index (κ1) is 23.3. The third-order valence-electron chi connectivity index (χ3n) is 5.60. The lowest BCUT2D eigenvalue weighted by atomic mass is 10.1. The third kappa shape index (κ3) is 6.33. The molecule has 1 amide bonds. The zero-order chi connectivity index (χ0) is 23.8. The van der Waals surface area contributed by atoms with Crippen LogP contribution in [0.3, 0.4) is 0 Å². The van der Waals surface area contributed by atoms with E-state index in [9.17, 15) is 4.79 Å². The van der Waals surface area contributed by atoms with Gasteiger partial charge in [-0.2, -0.15) is 0 Å². The van der Waals surface area contributed by atoms with Crippen LogP contribution in [0.4, 0.5) is 0 Å². The van der Waals surface area contributed by atoms with Crippen LogP contribution in [-0.4, -0.2) is 22.9 Å². The van der Waals surface area contributed by atoms with E-state index in [1.165, 1.54) is 11.8 Å². The van der Waals surface area contributed by atoms with E-state index in [4.69, 9.17) is 9.15 Å². The summed E-state index contributed by atoms with van der Waals surface area (Å²) in [6.07, 6.45) is 1.43. The van der Waals surface area contributed by atoms with E-state index in [-0.39, 0.29) is 17.6 Å². The van der Waals surface area contributed by atoms with Gasteiger partial charge in [-0.05, 0) is 35.7 Å². The summed E-state index contributed by atoms with van der Waals surface area (Å²) in [6.45, 7) is 3.85. The molecule has 0 spiro atoms. The molecule has 1 heterocycles. The number of nitrogens with one attached hydrogen (secondary N) is 1. The molecule has 0 bridgehead atoms. The van der Waals surface area contributed by atoms with Gasteiger partial charge in [0.25, 0.3) is 5.91 Å². The molecule has 4 rings (SSSR count). The highest BCUT2D eigenvalue weighted by atomic mass is 16.5. The van der Waals surface area contributed by atoms with E-state index in [1.807, 2.05) is 67.6 Å². The maximum Gasteiger partial charge on any atom is 0.273 e. The molecule has 0 radical (unpaired) electrons. The van der Waals surface area contributed by atoms with Crippen LogP contribution in [-0.2, 0) is 19.6 Å². The smallest absolute Gasteiger partial charge is 0.273 e. The van der Waals surface area contributed by atoms with Crippen LogP contribution in [0.25, 0.3) is 0 Å². The summed E-state index contributed by atoms with van der Waals surface area (Å²) in [5, 5.41) is 2.98. The Kier molecular flexibility index (Phi) is 7.73. The van der Waals surface area contributed by atoms with E-state index >= 15 is 0 Å². The fourth-order valence-corrected chi connectivity index (χ4v) is 3.77. The summed E-state index contributed by atoms with van der Waals surface area (Å²) >= 11 is 0. The number of methoxy groups -OCH3 is 1. The number of hydrogen-bond donors (Lipinski definition) is 1. The summed E-state index contributed by atoms with van der Waals surface area (Å²) in [5.74, 6) is 1.07. The van der Waals surface area contributed by atoms with E-state index in [0.29, 0.717) is 19.0 Å². The van der Waals surface area contributed by atoms with Gasteiger partial charge in [0.2, 0.25) is 5.89 Å². The van der Waals surface area contributed by atoms with Crippen LogP contribution in [0, 0.1) is 0 Å². The van der Waals surface area contributed by atoms with Crippen molar-refractivity contribution < 1.29 is 13.9 Å². The molecule has 0 fully saturated rings. The topological polar surface area (TPSA) is 67.6 Å². The number of carbonyl (C=O) groups is 1. The Morgan fingerprint density at radius 2 is 1.53 bits per heavy atom. The Hall–Kier alpha value is -3.90. The fraction of sp³-hybridized carbons (Fsp3) is 0.214. The van der Waals surface area contributed by atoms with Gasteiger partial charge in [-0.25, -0.2) is 4.98 Å². The third-order valence-corrected chi connectivity index (χ3v) is 5.60. The van der Waals surface area contributed by atoms with E-state index in [1.54, 1.807) is 7.11 Å². The summed E-state index contributed by atoms with van der Waals surface area (Å²) in [7, 11) is 1.66. The first-order chi connectivity index (χ1) is 16.6. The lowest BCUT2D eigenvalue weighted by molar-refractivity contribution is 0.0934. The molecule has 1 aromatic heterocycles. The second kappa shape index (κ2) is 11.3. The first-order valence-electron chi connectivity index (χ1n) is 11.3. The minimum absolute atomic E-state index is 0.126. The quantitative estimate of drug-likeness (QED) is 0.348. The normalized spacial score (nSPS) is 11.9. The number of ether oxygens (including phenoxy) is 1. The van der Waals surface area contributed by atoms with Crippen molar-refractivity contribution in [3.05, 3.63) is 119 Å². The number of hydrogen-bond acceptors (Lipinski definition) is 5. The Morgan fingerprint density at radius 3 is 2.18 bits per heavy atom. The summed E-state index contributed by atoms with van der Waals surface area (Å²) in [5.41, 5.74) is 3.66. The van der Waals surface area contributed by atoms with Crippen molar-refractivity contribution in [1.82, 2.24) is 15.2 Å². The monoisotopic (exact) mass is 455 g/mol. The number of carbonyl (C=O) groups excluding carboxylic acids is 1. The summed E-state index contributed by atoms with van der Waals surface area (Å²) < 4.78 is 11.0.